The topological polar surface area (TPSA) is 133 Å². The summed E-state index contributed by atoms with van der Waals surface area (Å²) in [6, 6.07) is 8.78. The van der Waals surface area contributed by atoms with E-state index in [0.717, 1.165) is 15.2 Å². The molecule has 0 spiro atoms. The largest absolute Gasteiger partial charge is 0.394 e. The van der Waals surface area contributed by atoms with E-state index in [4.69, 9.17) is 9.47 Å². The first kappa shape index (κ1) is 28.8. The van der Waals surface area contributed by atoms with Gasteiger partial charge in [0.2, 0.25) is 0 Å². The summed E-state index contributed by atoms with van der Waals surface area (Å²) in [6.45, 7) is 0.325. The molecule has 0 saturated carbocycles. The second-order valence-electron chi connectivity index (χ2n) is 9.60. The zero-order valence-corrected chi connectivity index (χ0v) is 24.2. The highest BCUT2D eigenvalue weighted by atomic mass is 79.9. The third-order valence-electron chi connectivity index (χ3n) is 6.90. The molecule has 1 aliphatic rings. The molecule has 2 N–H and O–H groups in total. The number of thiazole rings is 1. The van der Waals surface area contributed by atoms with Gasteiger partial charge in [0.15, 0.2) is 5.82 Å². The predicted molar refractivity (Wildman–Crippen MR) is 148 cm³/mol. The third-order valence-corrected chi connectivity index (χ3v) is 8.48. The lowest BCUT2D eigenvalue weighted by Gasteiger charge is -2.43. The van der Waals surface area contributed by atoms with Crippen molar-refractivity contribution in [1.29, 1.82) is 0 Å². The number of nitrogens with zero attached hydrogens (tertiary/aromatic N) is 7. The number of aliphatic hydroxyl groups excluding tert-OH is 2. The number of fused-ring (bicyclic) bond motifs is 1. The Balaban J connectivity index is 1.42. The number of halogens is 4. The van der Waals surface area contributed by atoms with Gasteiger partial charge in [-0.25, -0.2) is 22.8 Å². The molecule has 5 aromatic rings. The standard InChI is InChI=1S/C26H23BrF3N7O4S/c1-12-32-17-5-3-14(7-20(17)42-12)36-11-31-34-26(36)25-24(40-10-21(29)30)22(23(39)19(9-38)41-25)37-8-18(33-35-37)13-2-4-15(27)16(28)6-13/h2-8,11,19,21-25,38-39H,9-10H2,1H3/t19-,22+,23+,24-,25-/m1/s1. The fraction of sp³-hybridized carbons (Fsp3) is 0.346. The molecule has 5 atom stereocenters. The Kier molecular flexibility index (Phi) is 8.08. The van der Waals surface area contributed by atoms with Crippen LogP contribution in [0.15, 0.2) is 53.4 Å². The van der Waals surface area contributed by atoms with Gasteiger partial charge in [-0.05, 0) is 53.2 Å². The molecule has 0 amide bonds. The van der Waals surface area contributed by atoms with E-state index < -0.39 is 55.9 Å². The highest BCUT2D eigenvalue weighted by Crippen LogP contribution is 2.41. The molecule has 1 fully saturated rings. The maximum Gasteiger partial charge on any atom is 0.261 e. The van der Waals surface area contributed by atoms with Crippen molar-refractivity contribution in [2.75, 3.05) is 13.2 Å². The van der Waals surface area contributed by atoms with Crippen LogP contribution in [0.5, 0.6) is 0 Å². The van der Waals surface area contributed by atoms with Crippen LogP contribution in [0, 0.1) is 12.7 Å². The molecule has 16 heteroatoms. The SMILES string of the molecule is Cc1nc2ccc(-n3cnnc3[C@@H]3O[C@H](CO)[C@H](O)[C@H](n4cc(-c5ccc(Br)c(F)c5)nn4)[C@H]3OCC(F)F)cc2s1. The van der Waals surface area contributed by atoms with E-state index in [-0.39, 0.29) is 16.0 Å². The van der Waals surface area contributed by atoms with Crippen molar-refractivity contribution in [1.82, 2.24) is 34.7 Å². The molecule has 0 bridgehead atoms. The van der Waals surface area contributed by atoms with Crippen molar-refractivity contribution in [2.45, 2.75) is 43.8 Å². The van der Waals surface area contributed by atoms with Crippen LogP contribution in [0.4, 0.5) is 13.2 Å². The van der Waals surface area contributed by atoms with Gasteiger partial charge in [0.05, 0.1) is 32.5 Å². The number of hydrogen-bond acceptors (Lipinski definition) is 10. The lowest BCUT2D eigenvalue weighted by atomic mass is 9.91. The monoisotopic (exact) mass is 665 g/mol. The van der Waals surface area contributed by atoms with E-state index >= 15 is 0 Å². The smallest absolute Gasteiger partial charge is 0.261 e. The van der Waals surface area contributed by atoms with Crippen LogP contribution in [0.3, 0.4) is 0 Å². The lowest BCUT2D eigenvalue weighted by Crippen LogP contribution is -2.54. The van der Waals surface area contributed by atoms with E-state index in [0.29, 0.717) is 11.3 Å². The van der Waals surface area contributed by atoms with Crippen LogP contribution in [0.1, 0.15) is 23.0 Å². The molecule has 1 saturated heterocycles. The Bertz CT molecular complexity index is 1720. The number of benzene rings is 2. The molecule has 6 rings (SSSR count). The van der Waals surface area contributed by atoms with Gasteiger partial charge in [-0.1, -0.05) is 11.3 Å². The molecule has 42 heavy (non-hydrogen) atoms. The van der Waals surface area contributed by atoms with E-state index in [1.165, 1.54) is 40.7 Å². The average molecular weight is 666 g/mol. The minimum atomic E-state index is -2.83. The Morgan fingerprint density at radius 2 is 2.02 bits per heavy atom. The zero-order valence-electron chi connectivity index (χ0n) is 21.8. The fourth-order valence-corrected chi connectivity index (χ4v) is 6.11. The van der Waals surface area contributed by atoms with Gasteiger partial charge >= 0.3 is 0 Å². The molecule has 3 aromatic heterocycles. The first-order chi connectivity index (χ1) is 20.2. The normalized spacial score (nSPS) is 22.8. The van der Waals surface area contributed by atoms with Crippen LogP contribution in [0.2, 0.25) is 0 Å². The van der Waals surface area contributed by atoms with Gasteiger partial charge in [-0.2, -0.15) is 0 Å². The average Bonchev–Trinajstić information content (AvgIpc) is 3.72. The Hall–Kier alpha value is -3.28. The van der Waals surface area contributed by atoms with Gasteiger partial charge in [0.25, 0.3) is 6.43 Å². The van der Waals surface area contributed by atoms with Gasteiger partial charge in [-0.3, -0.25) is 4.57 Å². The van der Waals surface area contributed by atoms with E-state index in [9.17, 15) is 23.4 Å². The van der Waals surface area contributed by atoms with Crippen LogP contribution in [-0.4, -0.2) is 82.9 Å². The van der Waals surface area contributed by atoms with Crippen LogP contribution < -0.4 is 0 Å². The zero-order chi connectivity index (χ0) is 29.5. The van der Waals surface area contributed by atoms with Crippen molar-refractivity contribution < 1.29 is 32.9 Å². The van der Waals surface area contributed by atoms with Crippen molar-refractivity contribution >= 4 is 37.5 Å². The Morgan fingerprint density at radius 3 is 2.79 bits per heavy atom. The van der Waals surface area contributed by atoms with E-state index in [2.05, 4.69) is 41.4 Å². The molecule has 4 heterocycles. The molecule has 0 aliphatic carbocycles. The van der Waals surface area contributed by atoms with Crippen molar-refractivity contribution in [2.24, 2.45) is 0 Å². The van der Waals surface area contributed by atoms with Gasteiger partial charge in [0.1, 0.15) is 54.9 Å². The maximum absolute atomic E-state index is 14.2. The minimum Gasteiger partial charge on any atom is -0.394 e. The van der Waals surface area contributed by atoms with Crippen molar-refractivity contribution in [3.63, 3.8) is 0 Å². The van der Waals surface area contributed by atoms with Gasteiger partial charge < -0.3 is 19.7 Å². The van der Waals surface area contributed by atoms with Gasteiger partial charge in [0, 0.05) is 11.3 Å². The van der Waals surface area contributed by atoms with Crippen LogP contribution >= 0.6 is 27.3 Å². The van der Waals surface area contributed by atoms with Crippen molar-refractivity contribution in [3.05, 3.63) is 70.0 Å². The Morgan fingerprint density at radius 1 is 1.19 bits per heavy atom. The molecule has 0 unspecified atom stereocenters. The Labute approximate surface area is 248 Å². The number of alkyl halides is 2. The van der Waals surface area contributed by atoms with Crippen LogP contribution in [0.25, 0.3) is 27.2 Å². The summed E-state index contributed by atoms with van der Waals surface area (Å²) >= 11 is 4.62. The van der Waals surface area contributed by atoms with E-state index in [1.807, 2.05) is 25.1 Å². The summed E-state index contributed by atoms with van der Waals surface area (Å²) in [5, 5.41) is 38.7. The number of hydrogen-bond donors (Lipinski definition) is 2. The highest BCUT2D eigenvalue weighted by Gasteiger charge is 2.50. The number of aromatic nitrogens is 7. The lowest BCUT2D eigenvalue weighted by molar-refractivity contribution is -0.229. The number of ether oxygens (including phenoxy) is 2. The second kappa shape index (κ2) is 11.8. The predicted octanol–water partition coefficient (Wildman–Crippen LogP) is 4.03. The maximum atomic E-state index is 14.2. The molecular formula is C26H23BrF3N7O4S. The fourth-order valence-electron chi connectivity index (χ4n) is 5.00. The summed E-state index contributed by atoms with van der Waals surface area (Å²) in [4.78, 5) is 4.47. The molecule has 0 radical (unpaired) electrons. The van der Waals surface area contributed by atoms with Crippen molar-refractivity contribution in [3.8, 4) is 16.9 Å². The highest BCUT2D eigenvalue weighted by molar-refractivity contribution is 9.10. The number of aliphatic hydroxyl groups is 2. The first-order valence-electron chi connectivity index (χ1n) is 12.7. The number of rotatable bonds is 8. The first-order valence-corrected chi connectivity index (χ1v) is 14.3. The minimum absolute atomic E-state index is 0.195. The van der Waals surface area contributed by atoms with Crippen LogP contribution in [-0.2, 0) is 9.47 Å². The summed E-state index contributed by atoms with van der Waals surface area (Å²) in [5.41, 5.74) is 2.14. The molecule has 1 aliphatic heterocycles. The summed E-state index contributed by atoms with van der Waals surface area (Å²) in [7, 11) is 0. The second-order valence-corrected chi connectivity index (χ2v) is 11.7. The van der Waals surface area contributed by atoms with E-state index in [1.54, 1.807) is 10.6 Å². The summed E-state index contributed by atoms with van der Waals surface area (Å²) in [6.07, 6.45) is -5.00. The molecule has 11 nitrogen and oxygen atoms in total. The summed E-state index contributed by atoms with van der Waals surface area (Å²) in [5.74, 6) is -0.321. The number of aryl methyl sites for hydroxylation is 1. The molecule has 2 aromatic carbocycles. The van der Waals surface area contributed by atoms with Gasteiger partial charge in [-0.15, -0.1) is 26.6 Å². The summed E-state index contributed by atoms with van der Waals surface area (Å²) < 4.78 is 56.8. The third kappa shape index (κ3) is 5.45. The molecule has 220 valence electrons. The molecular weight excluding hydrogens is 643 g/mol. The quantitative estimate of drug-likeness (QED) is 0.252.